The Morgan fingerprint density at radius 2 is 1.67 bits per heavy atom. The smallest absolute Gasteiger partial charge is 0.269 e. The van der Waals surface area contributed by atoms with Gasteiger partial charge in [0.05, 0.1) is 21.0 Å². The quantitative estimate of drug-likeness (QED) is 0.437. The maximum atomic E-state index is 11.3. The van der Waals surface area contributed by atoms with Crippen LogP contribution in [0.5, 0.6) is 0 Å². The molecule has 0 bridgehead atoms. The molecule has 1 aliphatic rings. The number of nitroso groups, excluding NO2 is 1. The van der Waals surface area contributed by atoms with Crippen molar-refractivity contribution in [3.63, 3.8) is 0 Å². The number of nitrogens with zero attached hydrogens (tertiary/aromatic N) is 1. The highest BCUT2D eigenvalue weighted by atomic mass is 35.5. The van der Waals surface area contributed by atoms with E-state index in [0.29, 0.717) is 5.56 Å². The number of benzene rings is 1. The van der Waals surface area contributed by atoms with E-state index in [1.807, 2.05) is 0 Å². The summed E-state index contributed by atoms with van der Waals surface area (Å²) in [5.74, 6) is -2.35. The SMILES string of the molecule is O=NC(=O)C1C(c2cc(Cl)c(Cl)c(Cl)c2)C1(Cl)Cl. The molecule has 18 heavy (non-hydrogen) atoms. The normalized spacial score (nSPS) is 24.7. The molecule has 1 fully saturated rings. The summed E-state index contributed by atoms with van der Waals surface area (Å²) < 4.78 is -1.37. The van der Waals surface area contributed by atoms with E-state index < -0.39 is 22.1 Å². The molecular formula is C10H4Cl5NO2. The van der Waals surface area contributed by atoms with Crippen molar-refractivity contribution >= 4 is 63.9 Å². The minimum absolute atomic E-state index is 0.203. The molecule has 0 saturated heterocycles. The van der Waals surface area contributed by atoms with Crippen molar-refractivity contribution in [2.45, 2.75) is 10.3 Å². The summed E-state index contributed by atoms with van der Waals surface area (Å²) in [4.78, 5) is 21.5. The van der Waals surface area contributed by atoms with E-state index in [4.69, 9.17) is 58.0 Å². The van der Waals surface area contributed by atoms with Gasteiger partial charge in [0.15, 0.2) is 0 Å². The molecule has 1 aromatic carbocycles. The van der Waals surface area contributed by atoms with Gasteiger partial charge in [-0.3, -0.25) is 4.79 Å². The third-order valence-electron chi connectivity index (χ3n) is 2.77. The number of hydrogen-bond donors (Lipinski definition) is 0. The summed E-state index contributed by atoms with van der Waals surface area (Å²) in [6.45, 7) is 0. The van der Waals surface area contributed by atoms with Gasteiger partial charge in [0.1, 0.15) is 4.33 Å². The van der Waals surface area contributed by atoms with Crippen molar-refractivity contribution in [1.29, 1.82) is 0 Å². The second kappa shape index (κ2) is 4.80. The zero-order chi connectivity index (χ0) is 13.7. The van der Waals surface area contributed by atoms with Crippen LogP contribution >= 0.6 is 58.0 Å². The van der Waals surface area contributed by atoms with Crippen molar-refractivity contribution in [3.8, 4) is 0 Å². The topological polar surface area (TPSA) is 46.5 Å². The Bertz CT molecular complexity index is 522. The van der Waals surface area contributed by atoms with Crippen LogP contribution in [-0.4, -0.2) is 10.2 Å². The molecule has 3 nitrogen and oxygen atoms in total. The van der Waals surface area contributed by atoms with Crippen molar-refractivity contribution in [2.24, 2.45) is 11.1 Å². The van der Waals surface area contributed by atoms with E-state index in [1.165, 1.54) is 12.1 Å². The van der Waals surface area contributed by atoms with Gasteiger partial charge in [-0.1, -0.05) is 34.8 Å². The molecule has 0 heterocycles. The van der Waals surface area contributed by atoms with Crippen molar-refractivity contribution in [1.82, 2.24) is 0 Å². The van der Waals surface area contributed by atoms with Crippen LogP contribution in [0.4, 0.5) is 0 Å². The molecule has 0 N–H and O–H groups in total. The summed E-state index contributed by atoms with van der Waals surface area (Å²) in [5.41, 5.74) is 0.543. The average Bonchev–Trinajstić information content (AvgIpc) is 2.87. The van der Waals surface area contributed by atoms with Gasteiger partial charge >= 0.3 is 0 Å². The second-order valence-electron chi connectivity index (χ2n) is 3.86. The van der Waals surface area contributed by atoms with Crippen LogP contribution in [-0.2, 0) is 4.79 Å². The van der Waals surface area contributed by atoms with Gasteiger partial charge in [-0.2, -0.15) is 0 Å². The van der Waals surface area contributed by atoms with Gasteiger partial charge in [-0.15, -0.1) is 28.1 Å². The van der Waals surface area contributed by atoms with Crippen LogP contribution in [0.25, 0.3) is 0 Å². The van der Waals surface area contributed by atoms with Crippen LogP contribution in [0.2, 0.25) is 15.1 Å². The maximum absolute atomic E-state index is 11.3. The van der Waals surface area contributed by atoms with E-state index >= 15 is 0 Å². The van der Waals surface area contributed by atoms with Crippen LogP contribution in [0.3, 0.4) is 0 Å². The van der Waals surface area contributed by atoms with E-state index in [-0.39, 0.29) is 15.1 Å². The Hall–Kier alpha value is -0.0600. The average molecular weight is 347 g/mol. The van der Waals surface area contributed by atoms with Gasteiger partial charge < -0.3 is 0 Å². The summed E-state index contributed by atoms with van der Waals surface area (Å²) in [7, 11) is 0. The lowest BCUT2D eigenvalue weighted by molar-refractivity contribution is -0.119. The second-order valence-corrected chi connectivity index (χ2v) is 6.49. The first-order valence-electron chi connectivity index (χ1n) is 4.70. The summed E-state index contributed by atoms with van der Waals surface area (Å²) >= 11 is 29.5. The monoisotopic (exact) mass is 345 g/mol. The van der Waals surface area contributed by atoms with Gasteiger partial charge in [-0.05, 0) is 17.7 Å². The van der Waals surface area contributed by atoms with Crippen LogP contribution in [0.1, 0.15) is 11.5 Å². The molecule has 8 heteroatoms. The maximum Gasteiger partial charge on any atom is 0.293 e. The van der Waals surface area contributed by atoms with E-state index in [9.17, 15) is 9.70 Å². The molecule has 1 aromatic rings. The Morgan fingerprint density at radius 3 is 2.11 bits per heavy atom. The number of alkyl halides is 2. The third kappa shape index (κ3) is 2.23. The first-order chi connectivity index (χ1) is 8.30. The molecule has 96 valence electrons. The number of amides is 1. The fourth-order valence-corrected chi connectivity index (χ4v) is 3.29. The highest BCUT2D eigenvalue weighted by Gasteiger charge is 2.68. The molecule has 0 spiro atoms. The van der Waals surface area contributed by atoms with Gasteiger partial charge in [0.2, 0.25) is 0 Å². The molecule has 1 aliphatic carbocycles. The van der Waals surface area contributed by atoms with Crippen molar-refractivity contribution in [2.75, 3.05) is 0 Å². The van der Waals surface area contributed by atoms with Crippen LogP contribution in [0.15, 0.2) is 17.3 Å². The lowest BCUT2D eigenvalue weighted by atomic mass is 10.1. The molecule has 2 rings (SSSR count). The lowest BCUT2D eigenvalue weighted by Gasteiger charge is -2.04. The zero-order valence-electron chi connectivity index (χ0n) is 8.46. The number of carbonyl (C=O) groups excluding carboxylic acids is 1. The number of hydrogen-bond acceptors (Lipinski definition) is 2. The largest absolute Gasteiger partial charge is 0.293 e. The third-order valence-corrected chi connectivity index (χ3v) is 4.91. The summed E-state index contributed by atoms with van der Waals surface area (Å²) in [5, 5.41) is 2.98. The minimum Gasteiger partial charge on any atom is -0.269 e. The van der Waals surface area contributed by atoms with E-state index in [1.54, 1.807) is 0 Å². The van der Waals surface area contributed by atoms with Gasteiger partial charge in [0, 0.05) is 11.1 Å². The molecule has 0 aromatic heterocycles. The summed E-state index contributed by atoms with van der Waals surface area (Å²) in [6.07, 6.45) is 0. The predicted octanol–water partition coefficient (Wildman–Crippen LogP) is 4.83. The molecule has 2 atom stereocenters. The highest BCUT2D eigenvalue weighted by Crippen LogP contribution is 2.65. The van der Waals surface area contributed by atoms with Crippen molar-refractivity contribution < 1.29 is 4.79 Å². The number of rotatable bonds is 2. The summed E-state index contributed by atoms with van der Waals surface area (Å²) in [6, 6.07) is 3.02. The standard InChI is InChI=1S/C10H4Cl5NO2/c11-4-1-3(2-5(12)8(4)13)6-7(9(17)16-18)10(6,14)15/h1-2,6-7H. The number of carbonyl (C=O) groups is 1. The molecule has 1 amide bonds. The fourth-order valence-electron chi connectivity index (χ4n) is 1.86. The molecule has 0 aliphatic heterocycles. The lowest BCUT2D eigenvalue weighted by Crippen LogP contribution is -2.01. The zero-order valence-corrected chi connectivity index (χ0v) is 12.2. The first-order valence-corrected chi connectivity index (χ1v) is 6.59. The highest BCUT2D eigenvalue weighted by molar-refractivity contribution is 6.53. The fraction of sp³-hybridized carbons (Fsp3) is 0.300. The number of halogens is 5. The van der Waals surface area contributed by atoms with Crippen LogP contribution < -0.4 is 0 Å². The Morgan fingerprint density at radius 1 is 1.17 bits per heavy atom. The van der Waals surface area contributed by atoms with Crippen molar-refractivity contribution in [3.05, 3.63) is 37.7 Å². The van der Waals surface area contributed by atoms with Gasteiger partial charge in [-0.25, -0.2) is 0 Å². The molecule has 0 radical (unpaired) electrons. The Labute approximate surface area is 127 Å². The minimum atomic E-state index is -1.37. The van der Waals surface area contributed by atoms with Gasteiger partial charge in [0.25, 0.3) is 5.91 Å². The predicted molar refractivity (Wildman–Crippen MR) is 72.9 cm³/mol. The van der Waals surface area contributed by atoms with Crippen LogP contribution in [0, 0.1) is 10.8 Å². The first kappa shape index (κ1) is 14.4. The Balaban J connectivity index is 2.40. The van der Waals surface area contributed by atoms with E-state index in [2.05, 4.69) is 5.18 Å². The molecule has 2 unspecified atom stereocenters. The molecule has 1 saturated carbocycles. The Kier molecular flexibility index (Phi) is 3.83. The van der Waals surface area contributed by atoms with E-state index in [0.717, 1.165) is 0 Å². The molecular weight excluding hydrogens is 343 g/mol.